The van der Waals surface area contributed by atoms with Crippen LogP contribution in [0.25, 0.3) is 6.08 Å². The van der Waals surface area contributed by atoms with Crippen LogP contribution in [0.3, 0.4) is 0 Å². The van der Waals surface area contributed by atoms with Crippen LogP contribution in [0.4, 0.5) is 10.5 Å². The van der Waals surface area contributed by atoms with Gasteiger partial charge in [-0.1, -0.05) is 70.5 Å². The van der Waals surface area contributed by atoms with Crippen molar-refractivity contribution in [1.29, 1.82) is 0 Å². The van der Waals surface area contributed by atoms with Gasteiger partial charge in [0, 0.05) is 16.5 Å². The van der Waals surface area contributed by atoms with Gasteiger partial charge in [0.2, 0.25) is 0 Å². The summed E-state index contributed by atoms with van der Waals surface area (Å²) in [7, 11) is 1.51. The van der Waals surface area contributed by atoms with Gasteiger partial charge in [-0.3, -0.25) is 4.79 Å². The third kappa shape index (κ3) is 4.19. The van der Waals surface area contributed by atoms with Gasteiger partial charge < -0.3 is 14.6 Å². The number of anilines is 1. The van der Waals surface area contributed by atoms with Gasteiger partial charge in [0.1, 0.15) is 5.75 Å². The van der Waals surface area contributed by atoms with Crippen LogP contribution in [-0.4, -0.2) is 34.0 Å². The van der Waals surface area contributed by atoms with Crippen LogP contribution < -0.4 is 14.4 Å². The van der Waals surface area contributed by atoms with Crippen molar-refractivity contribution in [3.63, 3.8) is 0 Å². The largest absolute Gasteiger partial charge is 0.504 e. The van der Waals surface area contributed by atoms with Crippen LogP contribution in [0.15, 0.2) is 112 Å². The summed E-state index contributed by atoms with van der Waals surface area (Å²) in [4.78, 5) is 16.3. The lowest BCUT2D eigenvalue weighted by atomic mass is 9.95. The first kappa shape index (κ1) is 25.7. The van der Waals surface area contributed by atoms with Crippen molar-refractivity contribution >= 4 is 50.4 Å². The Morgan fingerprint density at radius 2 is 1.80 bits per heavy atom. The summed E-state index contributed by atoms with van der Waals surface area (Å²) in [5.74, 6) is -0.332. The lowest BCUT2D eigenvalue weighted by Gasteiger charge is -2.49. The molecule has 2 atom stereocenters. The van der Waals surface area contributed by atoms with E-state index in [2.05, 4.69) is 34.1 Å². The number of para-hydroxylation sites is 1. The van der Waals surface area contributed by atoms with E-state index in [0.29, 0.717) is 28.5 Å². The lowest BCUT2D eigenvalue weighted by molar-refractivity contribution is -0.0763. The molecular formula is C32H24BrN3O4S. The number of nitrogens with zero attached hydrogens (tertiary/aromatic N) is 3. The Balaban J connectivity index is 1.49. The molecule has 3 heterocycles. The first-order valence-electron chi connectivity index (χ1n) is 13.0. The molecule has 0 aliphatic carbocycles. The smallest absolute Gasteiger partial charge is 0.321 e. The molecule has 9 heteroatoms. The van der Waals surface area contributed by atoms with Crippen LogP contribution in [-0.2, 0) is 0 Å². The van der Waals surface area contributed by atoms with Crippen LogP contribution in [0, 0.1) is 0 Å². The number of ether oxygens (including phenoxy) is 2. The summed E-state index contributed by atoms with van der Waals surface area (Å²) < 4.78 is 13.3. The second kappa shape index (κ2) is 10.0. The van der Waals surface area contributed by atoms with E-state index in [-0.39, 0.29) is 17.0 Å². The lowest BCUT2D eigenvalue weighted by Crippen LogP contribution is -2.63. The Morgan fingerprint density at radius 3 is 2.56 bits per heavy atom. The number of amides is 1. The minimum Gasteiger partial charge on any atom is -0.504 e. The molecule has 2 unspecified atom stereocenters. The molecule has 1 fully saturated rings. The van der Waals surface area contributed by atoms with E-state index in [1.54, 1.807) is 23.1 Å². The molecule has 4 aromatic rings. The van der Waals surface area contributed by atoms with Gasteiger partial charge in [-0.15, -0.1) is 0 Å². The first-order valence-corrected chi connectivity index (χ1v) is 14.7. The summed E-state index contributed by atoms with van der Waals surface area (Å²) in [6.45, 7) is 0. The van der Waals surface area contributed by atoms with E-state index >= 15 is 0 Å². The van der Waals surface area contributed by atoms with Crippen molar-refractivity contribution in [2.45, 2.75) is 18.3 Å². The van der Waals surface area contributed by atoms with Crippen molar-refractivity contribution in [2.24, 2.45) is 5.10 Å². The summed E-state index contributed by atoms with van der Waals surface area (Å²) in [5, 5.41) is 17.1. The second-order valence-corrected chi connectivity index (χ2v) is 11.8. The number of hydrazone groups is 1. The predicted molar refractivity (Wildman–Crippen MR) is 164 cm³/mol. The van der Waals surface area contributed by atoms with E-state index < -0.39 is 5.85 Å². The molecule has 0 radical (unpaired) electrons. The third-order valence-corrected chi connectivity index (χ3v) is 8.88. The number of phenols is 1. The summed E-state index contributed by atoms with van der Waals surface area (Å²) in [6.07, 6.45) is 2.55. The number of thioether (sulfide) groups is 1. The van der Waals surface area contributed by atoms with Crippen molar-refractivity contribution in [1.82, 2.24) is 5.01 Å². The first-order chi connectivity index (χ1) is 20.0. The fourth-order valence-corrected chi connectivity index (χ4v) is 7.02. The zero-order valence-electron chi connectivity index (χ0n) is 21.9. The molecule has 1 saturated heterocycles. The highest BCUT2D eigenvalue weighted by molar-refractivity contribution is 9.10. The molecule has 7 rings (SSSR count). The second-order valence-electron chi connectivity index (χ2n) is 9.85. The Morgan fingerprint density at radius 1 is 1.05 bits per heavy atom. The average molecular weight is 627 g/mol. The molecule has 7 nitrogen and oxygen atoms in total. The maximum absolute atomic E-state index is 14.0. The normalized spacial score (nSPS) is 22.0. The van der Waals surface area contributed by atoms with Gasteiger partial charge in [-0.25, -0.2) is 9.91 Å². The minimum atomic E-state index is -1.39. The number of aromatic hydroxyl groups is 1. The van der Waals surface area contributed by atoms with E-state index in [9.17, 15) is 9.90 Å². The third-order valence-electron chi connectivity index (χ3n) is 7.43. The summed E-state index contributed by atoms with van der Waals surface area (Å²) >= 11 is 4.74. The van der Waals surface area contributed by atoms with Crippen LogP contribution >= 0.6 is 27.7 Å². The number of halogens is 1. The van der Waals surface area contributed by atoms with E-state index in [1.807, 2.05) is 71.7 Å². The molecule has 204 valence electrons. The number of fused-ring (bicyclic) bond motifs is 4. The van der Waals surface area contributed by atoms with Crippen LogP contribution in [0.2, 0.25) is 0 Å². The zero-order valence-corrected chi connectivity index (χ0v) is 24.3. The Hall–Kier alpha value is -4.21. The van der Waals surface area contributed by atoms with E-state index in [1.165, 1.54) is 7.11 Å². The number of benzene rings is 4. The van der Waals surface area contributed by atoms with Gasteiger partial charge in [0.25, 0.3) is 5.24 Å². The molecule has 1 spiro atoms. The summed E-state index contributed by atoms with van der Waals surface area (Å²) in [6, 6.07) is 30.5. The Labute approximate surface area is 249 Å². The standard InChI is InChI=1S/C32H24BrN3O4S/c1-39-29-16-20(12-14-27(29)37)17-30-32(35(31(38)41-30)23-10-6-3-7-11-23)36-26(24-18-22(33)13-15-28(24)40-32)19-25(34-36)21-8-4-2-5-9-21/h2-18,26,37H,19H2,1H3/b30-17-. The predicted octanol–water partition coefficient (Wildman–Crippen LogP) is 7.78. The molecule has 0 saturated carbocycles. The molecular weight excluding hydrogens is 602 g/mol. The maximum atomic E-state index is 14.0. The van der Waals surface area contributed by atoms with E-state index in [4.69, 9.17) is 14.6 Å². The number of rotatable bonds is 4. The number of phenolic OH excluding ortho intramolecular Hbond substituents is 1. The Bertz CT molecular complexity index is 1730. The van der Waals surface area contributed by atoms with Gasteiger partial charge >= 0.3 is 5.85 Å². The van der Waals surface area contributed by atoms with Crippen molar-refractivity contribution in [3.05, 3.63) is 123 Å². The summed E-state index contributed by atoms with van der Waals surface area (Å²) in [5.41, 5.74) is 4.36. The highest BCUT2D eigenvalue weighted by Crippen LogP contribution is 2.57. The van der Waals surface area contributed by atoms with Crippen molar-refractivity contribution < 1.29 is 19.4 Å². The molecule has 1 amide bonds. The topological polar surface area (TPSA) is 74.6 Å². The number of carbonyl (C=O) groups excluding carboxylic acids is 1. The monoisotopic (exact) mass is 625 g/mol. The molecule has 4 aromatic carbocycles. The molecule has 0 bridgehead atoms. The zero-order chi connectivity index (χ0) is 28.1. The van der Waals surface area contributed by atoms with Gasteiger partial charge in [-0.2, -0.15) is 5.10 Å². The van der Waals surface area contributed by atoms with Crippen LogP contribution in [0.1, 0.15) is 29.2 Å². The van der Waals surface area contributed by atoms with Gasteiger partial charge in [-0.05, 0) is 71.4 Å². The highest BCUT2D eigenvalue weighted by Gasteiger charge is 2.63. The molecule has 1 N–H and O–H groups in total. The number of methoxy groups -OCH3 is 1. The van der Waals surface area contributed by atoms with Gasteiger partial charge in [0.15, 0.2) is 11.5 Å². The molecule has 3 aliphatic heterocycles. The number of carbonyl (C=O) groups is 1. The van der Waals surface area contributed by atoms with Gasteiger partial charge in [0.05, 0.1) is 29.5 Å². The van der Waals surface area contributed by atoms with Crippen molar-refractivity contribution in [2.75, 3.05) is 12.0 Å². The number of hydrogen-bond acceptors (Lipinski definition) is 7. The molecule has 3 aliphatic rings. The fraction of sp³-hybridized carbons (Fsp3) is 0.125. The van der Waals surface area contributed by atoms with E-state index in [0.717, 1.165) is 38.6 Å². The van der Waals surface area contributed by atoms with Crippen molar-refractivity contribution in [3.8, 4) is 17.2 Å². The highest BCUT2D eigenvalue weighted by atomic mass is 79.9. The van der Waals surface area contributed by atoms with Crippen LogP contribution in [0.5, 0.6) is 17.2 Å². The fourth-order valence-electron chi connectivity index (χ4n) is 5.58. The quantitative estimate of drug-likeness (QED) is 0.250. The number of hydrogen-bond donors (Lipinski definition) is 1. The maximum Gasteiger partial charge on any atom is 0.321 e. The minimum absolute atomic E-state index is 0.0376. The molecule has 41 heavy (non-hydrogen) atoms. The average Bonchev–Trinajstić information content (AvgIpc) is 3.56. The Kier molecular flexibility index (Phi) is 6.28. The SMILES string of the molecule is COc1cc(/C=C2\SC(=O)N(c3ccccc3)C23Oc2ccc(Br)cc2C2CC(c4ccccc4)=NN23)ccc1O. The molecule has 0 aromatic heterocycles.